The third-order valence-corrected chi connectivity index (χ3v) is 3.78. The largest absolute Gasteiger partial charge is 0.340 e. The summed E-state index contributed by atoms with van der Waals surface area (Å²) in [5.41, 5.74) is 4.59. The van der Waals surface area contributed by atoms with E-state index in [0.717, 1.165) is 23.0 Å². The van der Waals surface area contributed by atoms with Gasteiger partial charge >= 0.3 is 0 Å². The predicted molar refractivity (Wildman–Crippen MR) is 95.7 cm³/mol. The van der Waals surface area contributed by atoms with Gasteiger partial charge in [-0.05, 0) is 37.6 Å². The third kappa shape index (κ3) is 3.48. The molecule has 116 valence electrons. The summed E-state index contributed by atoms with van der Waals surface area (Å²) in [7, 11) is 2.00. The Morgan fingerprint density at radius 1 is 0.913 bits per heavy atom. The fourth-order valence-electron chi connectivity index (χ4n) is 2.47. The molecule has 4 nitrogen and oxygen atoms in total. The third-order valence-electron chi connectivity index (χ3n) is 3.78. The van der Waals surface area contributed by atoms with E-state index >= 15 is 0 Å². The van der Waals surface area contributed by atoms with Crippen LogP contribution in [0.5, 0.6) is 0 Å². The van der Waals surface area contributed by atoms with Crippen LogP contribution in [0, 0.1) is 13.8 Å². The molecule has 0 saturated heterocycles. The van der Waals surface area contributed by atoms with Gasteiger partial charge in [0.15, 0.2) is 0 Å². The molecule has 2 aromatic carbocycles. The molecule has 0 aliphatic rings. The maximum absolute atomic E-state index is 4.37. The highest BCUT2D eigenvalue weighted by Crippen LogP contribution is 2.25. The first-order chi connectivity index (χ1) is 11.1. The SMILES string of the molecule is Cc1ccc(Nc2cc(N(C)c3ccccc3)ncn2)c(C)c1. The van der Waals surface area contributed by atoms with Crippen LogP contribution < -0.4 is 10.2 Å². The highest BCUT2D eigenvalue weighted by molar-refractivity contribution is 5.66. The average molecular weight is 304 g/mol. The highest BCUT2D eigenvalue weighted by atomic mass is 15.2. The molecule has 3 rings (SSSR count). The van der Waals surface area contributed by atoms with Gasteiger partial charge in [-0.25, -0.2) is 9.97 Å². The summed E-state index contributed by atoms with van der Waals surface area (Å²) in [4.78, 5) is 10.7. The van der Waals surface area contributed by atoms with Gasteiger partial charge < -0.3 is 10.2 Å². The van der Waals surface area contributed by atoms with Crippen LogP contribution >= 0.6 is 0 Å². The number of rotatable bonds is 4. The van der Waals surface area contributed by atoms with Gasteiger partial charge in [-0.2, -0.15) is 0 Å². The first-order valence-electron chi connectivity index (χ1n) is 7.58. The minimum absolute atomic E-state index is 0.782. The van der Waals surface area contributed by atoms with Crippen molar-refractivity contribution in [2.24, 2.45) is 0 Å². The average Bonchev–Trinajstić information content (AvgIpc) is 2.58. The minimum Gasteiger partial charge on any atom is -0.340 e. The lowest BCUT2D eigenvalue weighted by Gasteiger charge is -2.19. The Balaban J connectivity index is 1.85. The van der Waals surface area contributed by atoms with Crippen LogP contribution in [0.2, 0.25) is 0 Å². The Hall–Kier alpha value is -2.88. The minimum atomic E-state index is 0.782. The van der Waals surface area contributed by atoms with Crippen molar-refractivity contribution >= 4 is 23.0 Å². The molecule has 0 unspecified atom stereocenters. The summed E-state index contributed by atoms with van der Waals surface area (Å²) in [6.45, 7) is 4.18. The molecule has 0 aliphatic heterocycles. The monoisotopic (exact) mass is 304 g/mol. The molecule has 0 bridgehead atoms. The Morgan fingerprint density at radius 2 is 1.70 bits per heavy atom. The van der Waals surface area contributed by atoms with Gasteiger partial charge in [-0.1, -0.05) is 35.9 Å². The Labute approximate surface area is 136 Å². The normalized spacial score (nSPS) is 10.4. The van der Waals surface area contributed by atoms with Gasteiger partial charge in [0.2, 0.25) is 0 Å². The molecule has 0 fully saturated rings. The van der Waals surface area contributed by atoms with Crippen LogP contribution in [-0.4, -0.2) is 17.0 Å². The van der Waals surface area contributed by atoms with Crippen molar-refractivity contribution in [3.8, 4) is 0 Å². The molecule has 0 saturated carbocycles. The molecule has 4 heteroatoms. The highest BCUT2D eigenvalue weighted by Gasteiger charge is 2.07. The number of hydrogen-bond acceptors (Lipinski definition) is 4. The first-order valence-corrected chi connectivity index (χ1v) is 7.58. The van der Waals surface area contributed by atoms with E-state index in [9.17, 15) is 0 Å². The van der Waals surface area contributed by atoms with Crippen molar-refractivity contribution in [2.45, 2.75) is 13.8 Å². The molecule has 0 spiro atoms. The van der Waals surface area contributed by atoms with Crippen LogP contribution in [-0.2, 0) is 0 Å². The van der Waals surface area contributed by atoms with Crippen molar-refractivity contribution in [1.29, 1.82) is 0 Å². The lowest BCUT2D eigenvalue weighted by atomic mass is 10.1. The molecule has 1 N–H and O–H groups in total. The zero-order chi connectivity index (χ0) is 16.2. The van der Waals surface area contributed by atoms with Crippen LogP contribution in [0.1, 0.15) is 11.1 Å². The van der Waals surface area contributed by atoms with Gasteiger partial charge in [-0.15, -0.1) is 0 Å². The summed E-state index contributed by atoms with van der Waals surface area (Å²) >= 11 is 0. The molecular formula is C19H20N4. The standard InChI is InChI=1S/C19H20N4/c1-14-9-10-17(15(2)11-14)22-18-12-19(21-13-20-18)23(3)16-7-5-4-6-8-16/h4-13H,1-3H3,(H,20,21,22). The van der Waals surface area contributed by atoms with E-state index in [1.807, 2.05) is 36.2 Å². The molecule has 0 amide bonds. The number of hydrogen-bond donors (Lipinski definition) is 1. The summed E-state index contributed by atoms with van der Waals surface area (Å²) in [5, 5.41) is 3.37. The number of nitrogens with zero attached hydrogens (tertiary/aromatic N) is 3. The van der Waals surface area contributed by atoms with Crippen LogP contribution in [0.4, 0.5) is 23.0 Å². The van der Waals surface area contributed by atoms with E-state index in [1.54, 1.807) is 6.33 Å². The summed E-state index contributed by atoms with van der Waals surface area (Å²) in [6.07, 6.45) is 1.58. The van der Waals surface area contributed by atoms with Crippen molar-refractivity contribution < 1.29 is 0 Å². The smallest absolute Gasteiger partial charge is 0.138 e. The van der Waals surface area contributed by atoms with Crippen LogP contribution in [0.25, 0.3) is 0 Å². The van der Waals surface area contributed by atoms with E-state index in [2.05, 4.69) is 59.5 Å². The number of aryl methyl sites for hydroxylation is 2. The Bertz CT molecular complexity index is 799. The summed E-state index contributed by atoms with van der Waals surface area (Å²) in [5.74, 6) is 1.63. The number of anilines is 4. The van der Waals surface area contributed by atoms with Crippen molar-refractivity contribution in [1.82, 2.24) is 9.97 Å². The molecular weight excluding hydrogens is 284 g/mol. The second-order valence-electron chi connectivity index (χ2n) is 5.60. The van der Waals surface area contributed by atoms with Gasteiger partial charge in [-0.3, -0.25) is 0 Å². The van der Waals surface area contributed by atoms with Gasteiger partial charge in [0.05, 0.1) is 0 Å². The molecule has 0 radical (unpaired) electrons. The fourth-order valence-corrected chi connectivity index (χ4v) is 2.47. The number of aromatic nitrogens is 2. The maximum Gasteiger partial charge on any atom is 0.138 e. The Kier molecular flexibility index (Phi) is 4.24. The second-order valence-corrected chi connectivity index (χ2v) is 5.60. The Morgan fingerprint density at radius 3 is 2.43 bits per heavy atom. The maximum atomic E-state index is 4.37. The molecule has 1 heterocycles. The predicted octanol–water partition coefficient (Wildman–Crippen LogP) is 4.60. The number of para-hydroxylation sites is 1. The first kappa shape index (κ1) is 15.0. The molecule has 0 aliphatic carbocycles. The van der Waals surface area contributed by atoms with E-state index < -0.39 is 0 Å². The van der Waals surface area contributed by atoms with E-state index in [4.69, 9.17) is 0 Å². The quantitative estimate of drug-likeness (QED) is 0.764. The van der Waals surface area contributed by atoms with Gasteiger partial charge in [0.1, 0.15) is 18.0 Å². The fraction of sp³-hybridized carbons (Fsp3) is 0.158. The molecule has 3 aromatic rings. The molecule has 23 heavy (non-hydrogen) atoms. The molecule has 1 aromatic heterocycles. The van der Waals surface area contributed by atoms with Crippen molar-refractivity contribution in [2.75, 3.05) is 17.3 Å². The summed E-state index contributed by atoms with van der Waals surface area (Å²) < 4.78 is 0. The topological polar surface area (TPSA) is 41.0 Å². The van der Waals surface area contributed by atoms with E-state index in [0.29, 0.717) is 0 Å². The lowest BCUT2D eigenvalue weighted by Crippen LogP contribution is -2.11. The van der Waals surface area contributed by atoms with Crippen molar-refractivity contribution in [3.05, 3.63) is 72.1 Å². The molecule has 0 atom stereocenters. The van der Waals surface area contributed by atoms with Crippen LogP contribution in [0.15, 0.2) is 60.9 Å². The van der Waals surface area contributed by atoms with Gasteiger partial charge in [0.25, 0.3) is 0 Å². The van der Waals surface area contributed by atoms with Crippen molar-refractivity contribution in [3.63, 3.8) is 0 Å². The van der Waals surface area contributed by atoms with Gasteiger partial charge in [0, 0.05) is 24.5 Å². The summed E-state index contributed by atoms with van der Waals surface area (Å²) in [6, 6.07) is 18.4. The zero-order valence-electron chi connectivity index (χ0n) is 13.6. The van der Waals surface area contributed by atoms with E-state index in [1.165, 1.54) is 11.1 Å². The number of nitrogens with one attached hydrogen (secondary N) is 1. The lowest BCUT2D eigenvalue weighted by molar-refractivity contribution is 1.08. The second kappa shape index (κ2) is 6.48. The van der Waals surface area contributed by atoms with E-state index in [-0.39, 0.29) is 0 Å². The van der Waals surface area contributed by atoms with Crippen LogP contribution in [0.3, 0.4) is 0 Å². The zero-order valence-corrected chi connectivity index (χ0v) is 13.6. The number of benzene rings is 2.